The molecule has 0 aliphatic heterocycles. The van der Waals surface area contributed by atoms with Gasteiger partial charge in [0.1, 0.15) is 11.6 Å². The van der Waals surface area contributed by atoms with Crippen molar-refractivity contribution in [1.82, 2.24) is 14.1 Å². The smallest absolute Gasteiger partial charge is 0.104 e. The maximum Gasteiger partial charge on any atom is 0.104 e. The van der Waals surface area contributed by atoms with Crippen molar-refractivity contribution in [2.24, 2.45) is 0 Å². The summed E-state index contributed by atoms with van der Waals surface area (Å²) in [4.78, 5) is 4.94. The minimum Gasteiger partial charge on any atom is -0.308 e. The second-order valence-corrected chi connectivity index (χ2v) is 15.3. The quantitative estimate of drug-likeness (QED) is 0.168. The van der Waals surface area contributed by atoms with E-state index in [9.17, 15) is 15.8 Å². The van der Waals surface area contributed by atoms with E-state index in [-0.39, 0.29) is 0 Å². The molecular formula is C56H32N6. The molecule has 0 amide bonds. The average Bonchev–Trinajstić information content (AvgIpc) is 3.86. The minimum absolute atomic E-state index is 0.525. The van der Waals surface area contributed by atoms with Gasteiger partial charge in [-0.05, 0) is 107 Å². The van der Waals surface area contributed by atoms with Gasteiger partial charge in [0.25, 0.3) is 0 Å². The van der Waals surface area contributed by atoms with Crippen LogP contribution in [0.3, 0.4) is 0 Å². The standard InChI is InChI=1S/C56H32N6/c57-33-36-16-20-38(21-17-36)41-24-26-52-47(29-41)45-11-4-6-14-50(45)61(52)54-31-43(44-13-8-28-60-56(44)40-9-2-1-3-10-40)32-55(49(54)35-59)62-51-15-7-5-12-46(51)48-30-42(25-27-53(48)62)39-22-18-37(34-58)19-23-39/h1-32H. The van der Waals surface area contributed by atoms with Crippen molar-refractivity contribution in [3.8, 4) is 74.2 Å². The molecule has 3 aromatic heterocycles. The Hall–Kier alpha value is -9.02. The number of fused-ring (bicyclic) bond motifs is 6. The zero-order valence-electron chi connectivity index (χ0n) is 33.2. The highest BCUT2D eigenvalue weighted by Crippen LogP contribution is 2.43. The van der Waals surface area contributed by atoms with Crippen molar-refractivity contribution in [3.05, 3.63) is 211 Å². The van der Waals surface area contributed by atoms with Crippen LogP contribution in [0, 0.1) is 34.0 Å². The Morgan fingerprint density at radius 1 is 0.355 bits per heavy atom. The van der Waals surface area contributed by atoms with E-state index in [4.69, 9.17) is 4.98 Å². The van der Waals surface area contributed by atoms with Gasteiger partial charge in [-0.15, -0.1) is 0 Å². The van der Waals surface area contributed by atoms with E-state index in [0.29, 0.717) is 16.7 Å². The lowest BCUT2D eigenvalue weighted by Crippen LogP contribution is -2.05. The molecule has 8 aromatic carbocycles. The van der Waals surface area contributed by atoms with Crippen LogP contribution in [0.4, 0.5) is 0 Å². The van der Waals surface area contributed by atoms with Crippen LogP contribution in [-0.4, -0.2) is 14.1 Å². The fourth-order valence-electron chi connectivity index (χ4n) is 9.00. The van der Waals surface area contributed by atoms with E-state index in [1.54, 1.807) is 0 Å². The number of hydrogen-bond donors (Lipinski definition) is 0. The third-order valence-electron chi connectivity index (χ3n) is 11.9. The van der Waals surface area contributed by atoms with Crippen LogP contribution in [0.1, 0.15) is 16.7 Å². The Balaban J connectivity index is 1.22. The lowest BCUT2D eigenvalue weighted by atomic mass is 9.96. The van der Waals surface area contributed by atoms with Crippen molar-refractivity contribution >= 4 is 43.6 Å². The van der Waals surface area contributed by atoms with Crippen molar-refractivity contribution < 1.29 is 0 Å². The van der Waals surface area contributed by atoms with E-state index in [1.165, 1.54) is 0 Å². The molecule has 0 aliphatic rings. The van der Waals surface area contributed by atoms with Gasteiger partial charge in [0, 0.05) is 38.9 Å². The van der Waals surface area contributed by atoms with Gasteiger partial charge in [-0.25, -0.2) is 0 Å². The van der Waals surface area contributed by atoms with Gasteiger partial charge in [0.15, 0.2) is 0 Å². The first-order chi connectivity index (χ1) is 30.6. The lowest BCUT2D eigenvalue weighted by molar-refractivity contribution is 1.12. The fourth-order valence-corrected chi connectivity index (χ4v) is 9.00. The van der Waals surface area contributed by atoms with E-state index in [1.807, 2.05) is 91.1 Å². The Kier molecular flexibility index (Phi) is 8.54. The van der Waals surface area contributed by atoms with E-state index >= 15 is 0 Å². The van der Waals surface area contributed by atoms with Crippen molar-refractivity contribution in [3.63, 3.8) is 0 Å². The predicted molar refractivity (Wildman–Crippen MR) is 249 cm³/mol. The Labute approximate surface area is 357 Å². The maximum absolute atomic E-state index is 11.5. The van der Waals surface area contributed by atoms with E-state index in [0.717, 1.165) is 99.6 Å². The average molecular weight is 789 g/mol. The van der Waals surface area contributed by atoms with Crippen LogP contribution in [0.15, 0.2) is 194 Å². The van der Waals surface area contributed by atoms with Gasteiger partial charge in [0.2, 0.25) is 0 Å². The van der Waals surface area contributed by atoms with Crippen molar-refractivity contribution in [2.45, 2.75) is 0 Å². The van der Waals surface area contributed by atoms with Gasteiger partial charge in [-0.1, -0.05) is 109 Å². The molecule has 0 fully saturated rings. The molecule has 0 N–H and O–H groups in total. The van der Waals surface area contributed by atoms with Gasteiger partial charge < -0.3 is 9.13 Å². The van der Waals surface area contributed by atoms with Gasteiger partial charge >= 0.3 is 0 Å². The highest BCUT2D eigenvalue weighted by atomic mass is 15.0. The Morgan fingerprint density at radius 2 is 0.823 bits per heavy atom. The number of pyridine rings is 1. The van der Waals surface area contributed by atoms with Gasteiger partial charge in [-0.3, -0.25) is 4.98 Å². The van der Waals surface area contributed by atoms with Crippen molar-refractivity contribution in [1.29, 1.82) is 15.8 Å². The van der Waals surface area contributed by atoms with Crippen LogP contribution in [0.25, 0.3) is 99.6 Å². The number of aromatic nitrogens is 3. The molecule has 0 saturated carbocycles. The number of benzene rings is 8. The van der Waals surface area contributed by atoms with E-state index in [2.05, 4.69) is 130 Å². The lowest BCUT2D eigenvalue weighted by Gasteiger charge is -2.19. The first-order valence-electron chi connectivity index (χ1n) is 20.3. The maximum atomic E-state index is 11.5. The number of para-hydroxylation sites is 2. The number of rotatable bonds is 6. The first kappa shape index (κ1) is 36.1. The molecule has 11 aromatic rings. The molecule has 0 saturated heterocycles. The zero-order valence-corrected chi connectivity index (χ0v) is 33.2. The molecule has 6 nitrogen and oxygen atoms in total. The van der Waals surface area contributed by atoms with Gasteiger partial charge in [-0.2, -0.15) is 15.8 Å². The van der Waals surface area contributed by atoms with Crippen LogP contribution in [0.5, 0.6) is 0 Å². The SMILES string of the molecule is N#Cc1ccc(-c2ccc3c(c2)c2ccccc2n3-c2cc(-c3cccnc3-c3ccccc3)cc(-n3c4ccccc4c4cc(-c5ccc(C#N)cc5)ccc43)c2C#N)cc1. The first-order valence-corrected chi connectivity index (χ1v) is 20.3. The number of nitrogens with zero attached hydrogens (tertiary/aromatic N) is 6. The Morgan fingerprint density at radius 3 is 1.32 bits per heavy atom. The van der Waals surface area contributed by atoms with Crippen LogP contribution >= 0.6 is 0 Å². The Bertz CT molecular complexity index is 3510. The third-order valence-corrected chi connectivity index (χ3v) is 11.9. The topological polar surface area (TPSA) is 94.1 Å². The summed E-state index contributed by atoms with van der Waals surface area (Å²) in [5.74, 6) is 0. The molecule has 6 heteroatoms. The predicted octanol–water partition coefficient (Wildman–Crippen LogP) is 13.6. The summed E-state index contributed by atoms with van der Waals surface area (Å²) in [6.07, 6.45) is 1.83. The second kappa shape index (κ2) is 14.7. The fraction of sp³-hybridized carbons (Fsp3) is 0. The zero-order chi connectivity index (χ0) is 41.7. The number of nitriles is 3. The summed E-state index contributed by atoms with van der Waals surface area (Å²) >= 11 is 0. The van der Waals surface area contributed by atoms with Crippen LogP contribution < -0.4 is 0 Å². The molecule has 11 rings (SSSR count). The van der Waals surface area contributed by atoms with Gasteiger partial charge in [0.05, 0.1) is 62.4 Å². The summed E-state index contributed by atoms with van der Waals surface area (Å²) in [5, 5.41) is 34.6. The largest absolute Gasteiger partial charge is 0.308 e. The summed E-state index contributed by atoms with van der Waals surface area (Å²) in [6, 6.07) is 70.7. The summed E-state index contributed by atoms with van der Waals surface area (Å²) in [5.41, 5.74) is 14.9. The van der Waals surface area contributed by atoms with Crippen LogP contribution in [-0.2, 0) is 0 Å². The summed E-state index contributed by atoms with van der Waals surface area (Å²) < 4.78 is 4.46. The normalized spacial score (nSPS) is 11.2. The highest BCUT2D eigenvalue weighted by molar-refractivity contribution is 6.12. The molecule has 0 aliphatic carbocycles. The highest BCUT2D eigenvalue weighted by Gasteiger charge is 2.24. The molecule has 0 radical (unpaired) electrons. The molecule has 0 unspecified atom stereocenters. The summed E-state index contributed by atoms with van der Waals surface area (Å²) in [6.45, 7) is 0. The monoisotopic (exact) mass is 788 g/mol. The second-order valence-electron chi connectivity index (χ2n) is 15.3. The number of hydrogen-bond acceptors (Lipinski definition) is 4. The molecule has 286 valence electrons. The molecule has 0 bridgehead atoms. The third kappa shape index (κ3) is 5.82. The molecule has 0 atom stereocenters. The van der Waals surface area contributed by atoms with Crippen LogP contribution in [0.2, 0.25) is 0 Å². The molecule has 0 spiro atoms. The molecule has 3 heterocycles. The summed E-state index contributed by atoms with van der Waals surface area (Å²) in [7, 11) is 0. The van der Waals surface area contributed by atoms with Crippen molar-refractivity contribution in [2.75, 3.05) is 0 Å². The minimum atomic E-state index is 0.525. The van der Waals surface area contributed by atoms with E-state index < -0.39 is 0 Å². The molecular weight excluding hydrogens is 757 g/mol. The molecule has 62 heavy (non-hydrogen) atoms.